The number of benzene rings is 3. The van der Waals surface area contributed by atoms with Gasteiger partial charge in [-0.1, -0.05) is 66.7 Å². The van der Waals surface area contributed by atoms with E-state index in [0.717, 1.165) is 32.9 Å². The van der Waals surface area contributed by atoms with Crippen molar-refractivity contribution in [3.8, 4) is 0 Å². The number of hydrogen-bond donors (Lipinski definition) is 11. The van der Waals surface area contributed by atoms with Gasteiger partial charge in [-0.2, -0.15) is 0 Å². The van der Waals surface area contributed by atoms with E-state index >= 15 is 0 Å². The van der Waals surface area contributed by atoms with Gasteiger partial charge in [0.1, 0.15) is 30.2 Å². The largest absolute Gasteiger partial charge is 0.368 e. The Balaban J connectivity index is 1.22. The number of carbonyl (C=O) groups excluding carboxylic acids is 6. The highest BCUT2D eigenvalue weighted by molar-refractivity contribution is 5.97. The molecule has 0 bridgehead atoms. The summed E-state index contributed by atoms with van der Waals surface area (Å²) >= 11 is 0. The first-order chi connectivity index (χ1) is 30.9. The number of para-hydroxylation sites is 2. The Morgan fingerprint density at radius 2 is 1.11 bits per heavy atom. The Kier molecular flexibility index (Phi) is 16.0. The van der Waals surface area contributed by atoms with E-state index in [1.807, 2.05) is 54.6 Å². The highest BCUT2D eigenvalue weighted by Gasteiger charge is 2.33. The number of unbranched alkanes of at least 4 members (excludes halogenated alkanes) is 1. The molecule has 6 rings (SSSR count). The smallest absolute Gasteiger partial charge is 0.243 e. The van der Waals surface area contributed by atoms with E-state index in [0.29, 0.717) is 30.6 Å². The molecule has 6 amide bonds. The maximum absolute atomic E-state index is 14.4. The lowest BCUT2D eigenvalue weighted by atomic mass is 10.0. The fraction of sp³-hybridized carbons (Fsp3) is 0.326. The molecule has 0 fully saturated rings. The highest BCUT2D eigenvalue weighted by Crippen LogP contribution is 2.21. The molecule has 14 N–H and O–H groups in total. The van der Waals surface area contributed by atoms with Gasteiger partial charge in [-0.15, -0.1) is 0 Å². The number of carbonyl (C=O) groups is 6. The molecule has 3 aromatic heterocycles. The lowest BCUT2D eigenvalue weighted by molar-refractivity contribution is -0.134. The first-order valence-electron chi connectivity index (χ1n) is 21.3. The number of primary amides is 1. The van der Waals surface area contributed by atoms with Crippen molar-refractivity contribution in [1.82, 2.24) is 46.5 Å². The average Bonchev–Trinajstić information content (AvgIpc) is 4.06. The summed E-state index contributed by atoms with van der Waals surface area (Å²) in [6.45, 7) is 1.87. The van der Waals surface area contributed by atoms with Crippen LogP contribution in [-0.2, 0) is 54.5 Å². The van der Waals surface area contributed by atoms with E-state index in [2.05, 4.69) is 46.5 Å². The fourth-order valence-corrected chi connectivity index (χ4v) is 7.52. The molecule has 64 heavy (non-hydrogen) atoms. The van der Waals surface area contributed by atoms with Crippen LogP contribution in [0.25, 0.3) is 21.8 Å². The molecule has 3 aromatic carbocycles. The van der Waals surface area contributed by atoms with Crippen molar-refractivity contribution >= 4 is 57.2 Å². The minimum absolute atomic E-state index is 0.00159. The quantitative estimate of drug-likeness (QED) is 0.0409. The molecule has 0 aliphatic carbocycles. The molecule has 336 valence electrons. The fourth-order valence-electron chi connectivity index (χ4n) is 7.52. The normalized spacial score (nSPS) is 14.1. The highest BCUT2D eigenvalue weighted by atomic mass is 16.2. The van der Waals surface area contributed by atoms with Crippen LogP contribution in [0.5, 0.6) is 0 Å². The Morgan fingerprint density at radius 3 is 1.67 bits per heavy atom. The summed E-state index contributed by atoms with van der Waals surface area (Å²) < 4.78 is 0. The second-order valence-corrected chi connectivity index (χ2v) is 15.9. The van der Waals surface area contributed by atoms with Gasteiger partial charge in [0.25, 0.3) is 0 Å². The summed E-state index contributed by atoms with van der Waals surface area (Å²) in [6.07, 6.45) is 8.21. The zero-order chi connectivity index (χ0) is 45.6. The molecule has 0 unspecified atom stereocenters. The van der Waals surface area contributed by atoms with Gasteiger partial charge in [0.05, 0.1) is 12.4 Å². The third-order valence-electron chi connectivity index (χ3n) is 11.1. The van der Waals surface area contributed by atoms with Crippen LogP contribution in [0.15, 0.2) is 104 Å². The van der Waals surface area contributed by atoms with Crippen LogP contribution in [0.2, 0.25) is 0 Å². The average molecular weight is 873 g/mol. The first kappa shape index (κ1) is 46.2. The van der Waals surface area contributed by atoms with E-state index in [-0.39, 0.29) is 32.1 Å². The lowest BCUT2D eigenvalue weighted by Gasteiger charge is -2.26. The van der Waals surface area contributed by atoms with Crippen molar-refractivity contribution in [2.75, 3.05) is 6.54 Å². The first-order valence-corrected chi connectivity index (χ1v) is 21.3. The second-order valence-electron chi connectivity index (χ2n) is 15.9. The number of nitrogens with two attached hydrogens (primary N) is 3. The molecule has 0 saturated heterocycles. The van der Waals surface area contributed by atoms with E-state index in [9.17, 15) is 28.8 Å². The van der Waals surface area contributed by atoms with E-state index < -0.39 is 71.7 Å². The minimum Gasteiger partial charge on any atom is -0.368 e. The Morgan fingerprint density at radius 1 is 0.594 bits per heavy atom. The molecular formula is C46H56N12O6. The van der Waals surface area contributed by atoms with Gasteiger partial charge in [-0.25, -0.2) is 4.98 Å². The van der Waals surface area contributed by atoms with Gasteiger partial charge in [0.2, 0.25) is 35.4 Å². The standard InChI is InChI=1S/C46H56N12O6/c1-27(54-44(62)39(20-29-23-51-35-15-7-5-13-32(29)35)57-43(61)34(48)22-31-25-50-26-53-31)42(60)56-40(21-30-24-52-36-16-8-6-14-33(30)36)46(64)58-38(19-28-11-3-2-4-12-28)45(63)55-37(41(49)59)17-9-10-18-47/h2-8,11-16,23-27,34,37-40,51-52H,9-10,17-22,47-48H2,1H3,(H2,49,59)(H,50,53)(H,54,62)(H,55,63)(H,56,60)(H,57,61)(H,58,64)/t27-,34-,37-,38-,39+,40+/m0/s1. The molecule has 0 aliphatic heterocycles. The molecular weight excluding hydrogens is 817 g/mol. The molecule has 0 saturated carbocycles. The maximum Gasteiger partial charge on any atom is 0.243 e. The number of nitrogens with zero attached hydrogens (tertiary/aromatic N) is 1. The van der Waals surface area contributed by atoms with Gasteiger partial charge in [0, 0.05) is 71.8 Å². The van der Waals surface area contributed by atoms with E-state index in [1.165, 1.54) is 13.3 Å². The Labute approximate surface area is 369 Å². The molecule has 18 heteroatoms. The molecule has 6 aromatic rings. The number of aromatic nitrogens is 4. The summed E-state index contributed by atoms with van der Waals surface area (Å²) in [6, 6.07) is 17.2. The zero-order valence-corrected chi connectivity index (χ0v) is 35.6. The maximum atomic E-state index is 14.4. The number of rotatable bonds is 23. The summed E-state index contributed by atoms with van der Waals surface area (Å²) in [7, 11) is 0. The molecule has 0 radical (unpaired) electrons. The van der Waals surface area contributed by atoms with Gasteiger partial charge in [-0.05, 0) is 61.6 Å². The predicted molar refractivity (Wildman–Crippen MR) is 242 cm³/mol. The van der Waals surface area contributed by atoms with Crippen molar-refractivity contribution in [2.45, 2.75) is 88.1 Å². The van der Waals surface area contributed by atoms with Crippen molar-refractivity contribution < 1.29 is 28.8 Å². The van der Waals surface area contributed by atoms with Gasteiger partial charge >= 0.3 is 0 Å². The molecule has 6 atom stereocenters. The van der Waals surface area contributed by atoms with Crippen LogP contribution in [-0.4, -0.2) is 98.2 Å². The van der Waals surface area contributed by atoms with Crippen LogP contribution in [0.3, 0.4) is 0 Å². The topological polar surface area (TPSA) is 301 Å². The van der Waals surface area contributed by atoms with Gasteiger partial charge in [0.15, 0.2) is 0 Å². The SMILES string of the molecule is C[C@H](NC(=O)[C@@H](Cc1c[nH]c2ccccc12)NC(=O)[C@@H](N)Cc1cnc[nH]1)C(=O)N[C@H](Cc1c[nH]c2ccccc12)C(=O)N[C@@H](Cc1ccccc1)C(=O)N[C@@H](CCCCN)C(N)=O. The van der Waals surface area contributed by atoms with Crippen LogP contribution >= 0.6 is 0 Å². The third-order valence-corrected chi connectivity index (χ3v) is 11.1. The summed E-state index contributed by atoms with van der Waals surface area (Å²) in [5.41, 5.74) is 22.0. The van der Waals surface area contributed by atoms with Crippen molar-refractivity contribution in [3.63, 3.8) is 0 Å². The molecule has 0 spiro atoms. The number of hydrogen-bond acceptors (Lipinski definition) is 9. The number of amides is 6. The summed E-state index contributed by atoms with van der Waals surface area (Å²) in [4.78, 5) is 95.6. The number of nitrogens with one attached hydrogen (secondary N) is 8. The van der Waals surface area contributed by atoms with Crippen LogP contribution < -0.4 is 43.8 Å². The van der Waals surface area contributed by atoms with Crippen molar-refractivity contribution in [2.24, 2.45) is 17.2 Å². The zero-order valence-electron chi connectivity index (χ0n) is 35.6. The minimum atomic E-state index is -1.25. The number of imidazole rings is 1. The number of aromatic amines is 3. The van der Waals surface area contributed by atoms with Crippen LogP contribution in [0, 0.1) is 0 Å². The number of H-pyrrole nitrogens is 3. The summed E-state index contributed by atoms with van der Waals surface area (Å²) in [5.74, 6) is -4.02. The van der Waals surface area contributed by atoms with E-state index in [1.54, 1.807) is 42.9 Å². The summed E-state index contributed by atoms with van der Waals surface area (Å²) in [5, 5.41) is 15.5. The van der Waals surface area contributed by atoms with Gasteiger partial charge < -0.3 is 58.7 Å². The Hall–Kier alpha value is -7.31. The Bertz CT molecular complexity index is 2520. The monoisotopic (exact) mass is 872 g/mol. The second kappa shape index (κ2) is 22.2. The van der Waals surface area contributed by atoms with E-state index in [4.69, 9.17) is 17.2 Å². The molecule has 3 heterocycles. The molecule has 18 nitrogen and oxygen atoms in total. The lowest BCUT2D eigenvalue weighted by Crippen LogP contribution is -2.59. The van der Waals surface area contributed by atoms with Crippen molar-refractivity contribution in [1.29, 1.82) is 0 Å². The molecule has 0 aliphatic rings. The number of fused-ring (bicyclic) bond motifs is 2. The predicted octanol–water partition coefficient (Wildman–Crippen LogP) is 1.03. The third kappa shape index (κ3) is 12.4. The van der Waals surface area contributed by atoms with Crippen LogP contribution in [0.1, 0.15) is 48.6 Å². The van der Waals surface area contributed by atoms with Gasteiger partial charge in [-0.3, -0.25) is 28.8 Å². The van der Waals surface area contributed by atoms with Crippen molar-refractivity contribution in [3.05, 3.63) is 126 Å². The van der Waals surface area contributed by atoms with Crippen LogP contribution in [0.4, 0.5) is 0 Å².